The quantitative estimate of drug-likeness (QED) is 0.844. The lowest BCUT2D eigenvalue weighted by Crippen LogP contribution is -2.31. The molecular weight excluding hydrogens is 311 g/mol. The number of hydrogen-bond acceptors (Lipinski definition) is 3. The minimum Gasteiger partial charge on any atom is -0.492 e. The van der Waals surface area contributed by atoms with Crippen LogP contribution in [0.5, 0.6) is 5.75 Å². The van der Waals surface area contributed by atoms with Crippen molar-refractivity contribution < 1.29 is 9.53 Å². The second kappa shape index (κ2) is 7.29. The highest BCUT2D eigenvalue weighted by Crippen LogP contribution is 2.16. The normalized spacial score (nSPS) is 10.2. The summed E-state index contributed by atoms with van der Waals surface area (Å²) in [5, 5.41) is 0.995. The van der Waals surface area contributed by atoms with Crippen LogP contribution in [-0.2, 0) is 0 Å². The molecule has 0 radical (unpaired) electrons. The molecule has 1 aromatic carbocycles. The molecule has 0 unspecified atom stereocenters. The van der Waals surface area contributed by atoms with Crippen LogP contribution in [0.15, 0.2) is 42.7 Å². The molecule has 2 aromatic rings. The van der Waals surface area contributed by atoms with Crippen LogP contribution in [0, 0.1) is 0 Å². The molecule has 0 saturated carbocycles. The third-order valence-electron chi connectivity index (χ3n) is 2.86. The highest BCUT2D eigenvalue weighted by atomic mass is 35.5. The van der Waals surface area contributed by atoms with E-state index in [9.17, 15) is 4.79 Å². The maximum absolute atomic E-state index is 12.2. The molecule has 0 atom stereocenters. The van der Waals surface area contributed by atoms with Crippen molar-refractivity contribution in [3.63, 3.8) is 0 Å². The molecule has 0 aliphatic carbocycles. The maximum Gasteiger partial charge on any atom is 0.255 e. The van der Waals surface area contributed by atoms with E-state index in [2.05, 4.69) is 4.98 Å². The topological polar surface area (TPSA) is 42.4 Å². The van der Waals surface area contributed by atoms with Crippen molar-refractivity contribution in [2.75, 3.05) is 20.2 Å². The average molecular weight is 325 g/mol. The van der Waals surface area contributed by atoms with Gasteiger partial charge in [0.05, 0.1) is 17.1 Å². The third-order valence-corrected chi connectivity index (χ3v) is 3.41. The minimum atomic E-state index is -0.165. The highest BCUT2D eigenvalue weighted by molar-refractivity contribution is 6.33. The first-order chi connectivity index (χ1) is 10.1. The van der Waals surface area contributed by atoms with Crippen molar-refractivity contribution in [3.8, 4) is 5.75 Å². The number of benzene rings is 1. The molecule has 0 fully saturated rings. The Morgan fingerprint density at radius 1 is 1.24 bits per heavy atom. The Labute approximate surface area is 133 Å². The molecule has 2 rings (SSSR count). The van der Waals surface area contributed by atoms with Gasteiger partial charge in [-0.05, 0) is 30.3 Å². The molecule has 1 heterocycles. The second-order valence-electron chi connectivity index (χ2n) is 4.38. The van der Waals surface area contributed by atoms with Gasteiger partial charge in [0.2, 0.25) is 0 Å². The van der Waals surface area contributed by atoms with E-state index in [0.29, 0.717) is 34.5 Å². The second-order valence-corrected chi connectivity index (χ2v) is 5.23. The van der Waals surface area contributed by atoms with Gasteiger partial charge in [-0.3, -0.25) is 9.78 Å². The molecule has 1 amide bonds. The summed E-state index contributed by atoms with van der Waals surface area (Å²) in [5.74, 6) is 0.546. The lowest BCUT2D eigenvalue weighted by molar-refractivity contribution is 0.0774. The Morgan fingerprint density at radius 3 is 2.62 bits per heavy atom. The number of aromatic nitrogens is 1. The van der Waals surface area contributed by atoms with Gasteiger partial charge >= 0.3 is 0 Å². The van der Waals surface area contributed by atoms with E-state index in [4.69, 9.17) is 27.9 Å². The third kappa shape index (κ3) is 4.34. The maximum atomic E-state index is 12.2. The molecular formula is C15H14Cl2N2O2. The van der Waals surface area contributed by atoms with Crippen molar-refractivity contribution in [2.24, 2.45) is 0 Å². The summed E-state index contributed by atoms with van der Waals surface area (Å²) in [6, 6.07) is 8.67. The number of nitrogens with zero attached hydrogens (tertiary/aromatic N) is 2. The predicted molar refractivity (Wildman–Crippen MR) is 83.2 cm³/mol. The zero-order valence-corrected chi connectivity index (χ0v) is 12.9. The fourth-order valence-electron chi connectivity index (χ4n) is 1.69. The van der Waals surface area contributed by atoms with Gasteiger partial charge in [-0.2, -0.15) is 0 Å². The molecule has 0 saturated heterocycles. The smallest absolute Gasteiger partial charge is 0.255 e. The summed E-state index contributed by atoms with van der Waals surface area (Å²) < 4.78 is 5.55. The van der Waals surface area contributed by atoms with Crippen LogP contribution in [0.3, 0.4) is 0 Å². The van der Waals surface area contributed by atoms with Gasteiger partial charge in [-0.15, -0.1) is 0 Å². The van der Waals surface area contributed by atoms with Gasteiger partial charge in [-0.25, -0.2) is 0 Å². The van der Waals surface area contributed by atoms with Crippen molar-refractivity contribution >= 4 is 29.1 Å². The molecule has 0 spiro atoms. The van der Waals surface area contributed by atoms with E-state index in [0.717, 1.165) is 0 Å². The molecule has 6 heteroatoms. The van der Waals surface area contributed by atoms with Crippen LogP contribution >= 0.6 is 23.2 Å². The summed E-state index contributed by atoms with van der Waals surface area (Å²) in [5.41, 5.74) is 0.431. The van der Waals surface area contributed by atoms with Crippen LogP contribution in [0.4, 0.5) is 0 Å². The van der Waals surface area contributed by atoms with Crippen LogP contribution in [-0.4, -0.2) is 36.0 Å². The number of pyridine rings is 1. The Bertz CT molecular complexity index is 617. The van der Waals surface area contributed by atoms with Gasteiger partial charge in [0.15, 0.2) is 0 Å². The number of carbonyl (C=O) groups is 1. The van der Waals surface area contributed by atoms with Gasteiger partial charge in [0.25, 0.3) is 5.91 Å². The highest BCUT2D eigenvalue weighted by Gasteiger charge is 2.14. The fraction of sp³-hybridized carbons (Fsp3) is 0.200. The van der Waals surface area contributed by atoms with E-state index in [1.165, 1.54) is 12.4 Å². The number of carbonyl (C=O) groups excluding carboxylic acids is 1. The van der Waals surface area contributed by atoms with Crippen molar-refractivity contribution in [1.82, 2.24) is 9.88 Å². The van der Waals surface area contributed by atoms with Crippen molar-refractivity contribution in [3.05, 3.63) is 58.3 Å². The Morgan fingerprint density at radius 2 is 1.95 bits per heavy atom. The van der Waals surface area contributed by atoms with Gasteiger partial charge in [0, 0.05) is 24.5 Å². The van der Waals surface area contributed by atoms with Gasteiger partial charge in [-0.1, -0.05) is 23.2 Å². The molecule has 4 nitrogen and oxygen atoms in total. The zero-order chi connectivity index (χ0) is 15.2. The largest absolute Gasteiger partial charge is 0.492 e. The van der Waals surface area contributed by atoms with E-state index in [-0.39, 0.29) is 5.91 Å². The van der Waals surface area contributed by atoms with Crippen LogP contribution in [0.25, 0.3) is 0 Å². The number of amides is 1. The summed E-state index contributed by atoms with van der Waals surface area (Å²) >= 11 is 11.7. The summed E-state index contributed by atoms with van der Waals surface area (Å²) in [6.45, 7) is 0.826. The SMILES string of the molecule is CN(CCOc1ccc(Cl)cc1)C(=O)c1ccncc1Cl. The van der Waals surface area contributed by atoms with E-state index in [1.54, 1.807) is 42.3 Å². The average Bonchev–Trinajstić information content (AvgIpc) is 2.49. The molecule has 110 valence electrons. The Hall–Kier alpha value is -1.78. The lowest BCUT2D eigenvalue weighted by Gasteiger charge is -2.18. The van der Waals surface area contributed by atoms with E-state index >= 15 is 0 Å². The minimum absolute atomic E-state index is 0.165. The van der Waals surface area contributed by atoms with Gasteiger partial charge < -0.3 is 9.64 Å². The first-order valence-electron chi connectivity index (χ1n) is 6.31. The number of likely N-dealkylation sites (N-methyl/N-ethyl adjacent to an activating group) is 1. The molecule has 0 aliphatic heterocycles. The number of hydrogen-bond donors (Lipinski definition) is 0. The first-order valence-corrected chi connectivity index (χ1v) is 7.07. The van der Waals surface area contributed by atoms with Crippen molar-refractivity contribution in [1.29, 1.82) is 0 Å². The molecule has 0 aliphatic rings. The summed E-state index contributed by atoms with van der Waals surface area (Å²) in [7, 11) is 1.70. The van der Waals surface area contributed by atoms with Crippen LogP contribution in [0.1, 0.15) is 10.4 Å². The Balaban J connectivity index is 1.87. The van der Waals surface area contributed by atoms with Crippen LogP contribution in [0.2, 0.25) is 10.0 Å². The fourth-order valence-corrected chi connectivity index (χ4v) is 2.01. The Kier molecular flexibility index (Phi) is 5.42. The number of halogens is 2. The lowest BCUT2D eigenvalue weighted by atomic mass is 10.2. The first kappa shape index (κ1) is 15.6. The zero-order valence-electron chi connectivity index (χ0n) is 11.4. The van der Waals surface area contributed by atoms with Crippen LogP contribution < -0.4 is 4.74 Å². The van der Waals surface area contributed by atoms with E-state index < -0.39 is 0 Å². The van der Waals surface area contributed by atoms with Gasteiger partial charge in [0.1, 0.15) is 12.4 Å². The summed E-state index contributed by atoms with van der Waals surface area (Å²) in [4.78, 5) is 17.6. The van der Waals surface area contributed by atoms with E-state index in [1.807, 2.05) is 0 Å². The number of ether oxygens (including phenoxy) is 1. The molecule has 0 N–H and O–H groups in total. The monoisotopic (exact) mass is 324 g/mol. The molecule has 21 heavy (non-hydrogen) atoms. The standard InChI is InChI=1S/C15H14Cl2N2O2/c1-19(15(20)13-6-7-18-10-14(13)17)8-9-21-12-4-2-11(16)3-5-12/h2-7,10H,8-9H2,1H3. The summed E-state index contributed by atoms with van der Waals surface area (Å²) in [6.07, 6.45) is 2.99. The molecule has 1 aromatic heterocycles. The van der Waals surface area contributed by atoms with Crippen molar-refractivity contribution in [2.45, 2.75) is 0 Å². The molecule has 0 bridgehead atoms. The predicted octanol–water partition coefficient (Wildman–Crippen LogP) is 3.54. The number of rotatable bonds is 5.